The van der Waals surface area contributed by atoms with Crippen LogP contribution < -0.4 is 5.32 Å². The fourth-order valence-corrected chi connectivity index (χ4v) is 4.47. The lowest BCUT2D eigenvalue weighted by molar-refractivity contribution is -0.918. The van der Waals surface area contributed by atoms with Crippen LogP contribution in [0.5, 0.6) is 0 Å². The lowest BCUT2D eigenvalue weighted by atomic mass is 9.88. The van der Waals surface area contributed by atoms with Crippen molar-refractivity contribution in [2.24, 2.45) is 0 Å². The van der Waals surface area contributed by atoms with Crippen LogP contribution in [0.2, 0.25) is 0 Å². The fraction of sp³-hybridized carbons (Fsp3) is 0.440. The summed E-state index contributed by atoms with van der Waals surface area (Å²) in [5.74, 6) is 0.554. The summed E-state index contributed by atoms with van der Waals surface area (Å²) in [6, 6.07) is 16.6. The van der Waals surface area contributed by atoms with E-state index in [0.717, 1.165) is 42.7 Å². The van der Waals surface area contributed by atoms with Gasteiger partial charge in [0.15, 0.2) is 13.1 Å². The quantitative estimate of drug-likeness (QED) is 0.741. The Morgan fingerprint density at radius 2 is 1.53 bits per heavy atom. The molecule has 3 rings (SSSR count). The number of para-hydroxylation sites is 1. The third kappa shape index (κ3) is 5.28. The zero-order chi connectivity index (χ0) is 21.7. The molecule has 2 aromatic carbocycles. The number of amides is 2. The van der Waals surface area contributed by atoms with Crippen molar-refractivity contribution in [2.45, 2.75) is 32.6 Å². The number of rotatable bonds is 6. The van der Waals surface area contributed by atoms with Crippen LogP contribution in [0.1, 0.15) is 35.4 Å². The van der Waals surface area contributed by atoms with Crippen molar-refractivity contribution in [1.82, 2.24) is 4.90 Å². The van der Waals surface area contributed by atoms with E-state index < -0.39 is 0 Å². The molecule has 0 atom stereocenters. The van der Waals surface area contributed by atoms with Gasteiger partial charge in [0.2, 0.25) is 0 Å². The zero-order valence-electron chi connectivity index (χ0n) is 18.6. The first-order valence-corrected chi connectivity index (χ1v) is 10.8. The Balaban J connectivity index is 1.74. The summed E-state index contributed by atoms with van der Waals surface area (Å²) in [7, 11) is 3.57. The number of likely N-dealkylation sites (N-methyl/N-ethyl adjacent to an activating group) is 1. The van der Waals surface area contributed by atoms with Gasteiger partial charge in [0.1, 0.15) is 0 Å². The van der Waals surface area contributed by atoms with Crippen LogP contribution in [0.4, 0.5) is 5.69 Å². The van der Waals surface area contributed by atoms with Crippen molar-refractivity contribution in [2.75, 3.05) is 45.6 Å². The minimum atomic E-state index is -0.0166. The molecule has 1 aliphatic rings. The highest BCUT2D eigenvalue weighted by atomic mass is 16.2. The molecular weight excluding hydrogens is 374 g/mol. The van der Waals surface area contributed by atoms with Gasteiger partial charge in [-0.3, -0.25) is 9.59 Å². The Kier molecular flexibility index (Phi) is 6.93. The van der Waals surface area contributed by atoms with Gasteiger partial charge >= 0.3 is 0 Å². The maximum Gasteiger partial charge on any atom is 0.279 e. The molecule has 0 unspecified atom stereocenters. The number of hydrogen-bond acceptors (Lipinski definition) is 2. The Bertz CT molecular complexity index is 864. The van der Waals surface area contributed by atoms with Crippen molar-refractivity contribution in [3.05, 3.63) is 65.2 Å². The van der Waals surface area contributed by atoms with E-state index in [1.807, 2.05) is 38.1 Å². The van der Waals surface area contributed by atoms with Crippen molar-refractivity contribution in [3.63, 3.8) is 0 Å². The largest absolute Gasteiger partial charge is 0.344 e. The summed E-state index contributed by atoms with van der Waals surface area (Å²) in [4.78, 5) is 27.3. The summed E-state index contributed by atoms with van der Waals surface area (Å²) in [6.45, 7) is 6.38. The number of nitrogens with zero attached hydrogens (tertiary/aromatic N) is 2. The number of piperidine rings is 1. The van der Waals surface area contributed by atoms with E-state index in [2.05, 4.69) is 29.6 Å². The molecule has 30 heavy (non-hydrogen) atoms. The molecule has 5 nitrogen and oxygen atoms in total. The monoisotopic (exact) mass is 408 g/mol. The number of carbonyl (C=O) groups is 2. The number of anilines is 1. The third-order valence-electron chi connectivity index (χ3n) is 6.37. The molecule has 2 aromatic rings. The number of nitrogens with one attached hydrogen (secondary N) is 1. The summed E-state index contributed by atoms with van der Waals surface area (Å²) in [6.07, 6.45) is 1.97. The Hall–Kier alpha value is -2.66. The number of quaternary nitrogens is 1. The minimum Gasteiger partial charge on any atom is -0.344 e. The predicted octanol–water partition coefficient (Wildman–Crippen LogP) is 3.72. The number of benzene rings is 2. The highest BCUT2D eigenvalue weighted by Gasteiger charge is 2.38. The van der Waals surface area contributed by atoms with Gasteiger partial charge in [-0.15, -0.1) is 0 Å². The molecule has 0 radical (unpaired) electrons. The van der Waals surface area contributed by atoms with Crippen molar-refractivity contribution < 1.29 is 14.1 Å². The molecule has 1 aliphatic heterocycles. The van der Waals surface area contributed by atoms with Gasteiger partial charge in [0.05, 0.1) is 13.1 Å². The minimum absolute atomic E-state index is 0.0166. The highest BCUT2D eigenvalue weighted by Crippen LogP contribution is 2.32. The summed E-state index contributed by atoms with van der Waals surface area (Å²) in [5.41, 5.74) is 4.36. The van der Waals surface area contributed by atoms with Crippen LogP contribution in [0.15, 0.2) is 48.5 Å². The van der Waals surface area contributed by atoms with Crippen LogP contribution in [0.3, 0.4) is 0 Å². The van der Waals surface area contributed by atoms with E-state index in [1.165, 1.54) is 5.56 Å². The second-order valence-corrected chi connectivity index (χ2v) is 8.89. The van der Waals surface area contributed by atoms with Gasteiger partial charge in [-0.1, -0.05) is 48.5 Å². The van der Waals surface area contributed by atoms with E-state index in [4.69, 9.17) is 0 Å². The molecule has 1 N–H and O–H groups in total. The molecule has 0 saturated carbocycles. The van der Waals surface area contributed by atoms with E-state index in [9.17, 15) is 9.59 Å². The molecule has 0 aromatic heterocycles. The Morgan fingerprint density at radius 3 is 2.10 bits per heavy atom. The highest BCUT2D eigenvalue weighted by molar-refractivity contribution is 5.93. The third-order valence-corrected chi connectivity index (χ3v) is 6.37. The molecule has 160 valence electrons. The van der Waals surface area contributed by atoms with E-state index in [-0.39, 0.29) is 11.8 Å². The average molecular weight is 409 g/mol. The standard InChI is InChI=1S/C25H33N3O2/c1-19-9-8-10-20(2)25(19)26-23(29)17-28(18-24(30)27(3)4)15-13-22(14-16-28)21-11-6-5-7-12-21/h5-12,22H,13-18H2,1-4H3/p+1. The predicted molar refractivity (Wildman–Crippen MR) is 121 cm³/mol. The Labute approximate surface area is 180 Å². The van der Waals surface area contributed by atoms with Gasteiger partial charge in [0.25, 0.3) is 11.8 Å². The first-order chi connectivity index (χ1) is 14.3. The van der Waals surface area contributed by atoms with Crippen molar-refractivity contribution >= 4 is 17.5 Å². The van der Waals surface area contributed by atoms with Crippen LogP contribution >= 0.6 is 0 Å². The van der Waals surface area contributed by atoms with E-state index in [0.29, 0.717) is 23.5 Å². The summed E-state index contributed by atoms with van der Waals surface area (Å²) < 4.78 is 0.525. The maximum atomic E-state index is 13.0. The van der Waals surface area contributed by atoms with Gasteiger partial charge in [-0.25, -0.2) is 0 Å². The van der Waals surface area contributed by atoms with E-state index >= 15 is 0 Å². The van der Waals surface area contributed by atoms with Gasteiger partial charge in [0, 0.05) is 32.6 Å². The topological polar surface area (TPSA) is 49.4 Å². The molecular formula is C25H34N3O2+. The number of carbonyl (C=O) groups excluding carboxylic acids is 2. The molecule has 0 spiro atoms. The van der Waals surface area contributed by atoms with Crippen molar-refractivity contribution in [1.29, 1.82) is 0 Å². The first kappa shape index (κ1) is 22.0. The van der Waals surface area contributed by atoms with Crippen LogP contribution in [-0.2, 0) is 9.59 Å². The van der Waals surface area contributed by atoms with Crippen molar-refractivity contribution in [3.8, 4) is 0 Å². The lowest BCUT2D eigenvalue weighted by Gasteiger charge is -2.43. The number of likely N-dealkylation sites (tertiary alicyclic amines) is 1. The second kappa shape index (κ2) is 9.43. The molecule has 0 aliphatic carbocycles. The van der Waals surface area contributed by atoms with Crippen LogP contribution in [0.25, 0.3) is 0 Å². The molecule has 0 bridgehead atoms. The van der Waals surface area contributed by atoms with Crippen LogP contribution in [0, 0.1) is 13.8 Å². The zero-order valence-corrected chi connectivity index (χ0v) is 18.6. The molecule has 1 saturated heterocycles. The molecule has 5 heteroatoms. The second-order valence-electron chi connectivity index (χ2n) is 8.89. The van der Waals surface area contributed by atoms with Gasteiger partial charge in [-0.2, -0.15) is 0 Å². The fourth-order valence-electron chi connectivity index (χ4n) is 4.47. The van der Waals surface area contributed by atoms with Crippen LogP contribution in [-0.4, -0.2) is 61.5 Å². The number of hydrogen-bond donors (Lipinski definition) is 1. The van der Waals surface area contributed by atoms with E-state index in [1.54, 1.807) is 19.0 Å². The molecule has 1 heterocycles. The van der Waals surface area contributed by atoms with Gasteiger partial charge < -0.3 is 14.7 Å². The lowest BCUT2D eigenvalue weighted by Crippen LogP contribution is -2.59. The maximum absolute atomic E-state index is 13.0. The summed E-state index contributed by atoms with van der Waals surface area (Å²) >= 11 is 0. The van der Waals surface area contributed by atoms with Gasteiger partial charge in [-0.05, 0) is 36.5 Å². The normalized spacial score (nSPS) is 21.1. The first-order valence-electron chi connectivity index (χ1n) is 10.8. The SMILES string of the molecule is Cc1cccc(C)c1NC(=O)C[N+]1(CC(=O)N(C)C)CCC(c2ccccc2)CC1. The molecule has 1 fully saturated rings. The summed E-state index contributed by atoms with van der Waals surface area (Å²) in [5, 5.41) is 3.12. The smallest absolute Gasteiger partial charge is 0.279 e. The Morgan fingerprint density at radius 1 is 0.933 bits per heavy atom. The number of aryl methyl sites for hydroxylation is 2. The molecule has 2 amide bonds. The average Bonchev–Trinajstić information content (AvgIpc) is 2.72.